The molecule has 0 aliphatic carbocycles. The van der Waals surface area contributed by atoms with Gasteiger partial charge >= 0.3 is 5.97 Å². The van der Waals surface area contributed by atoms with Gasteiger partial charge in [0.1, 0.15) is 6.54 Å². The number of nitrogens with two attached hydrogens (primary N) is 1. The van der Waals surface area contributed by atoms with E-state index in [1.807, 2.05) is 20.8 Å². The summed E-state index contributed by atoms with van der Waals surface area (Å²) >= 11 is 1.33. The Morgan fingerprint density at radius 2 is 2.11 bits per heavy atom. The van der Waals surface area contributed by atoms with Gasteiger partial charge in [-0.1, -0.05) is 0 Å². The smallest absolute Gasteiger partial charge is 0.325 e. The summed E-state index contributed by atoms with van der Waals surface area (Å²) in [4.78, 5) is 26.5. The first-order valence-electron chi connectivity index (χ1n) is 5.60. The third-order valence-electron chi connectivity index (χ3n) is 2.58. The highest BCUT2D eigenvalue weighted by atomic mass is 32.1. The fraction of sp³-hybridized carbons (Fsp3) is 0.500. The number of hydrogen-bond donors (Lipinski definition) is 1. The maximum Gasteiger partial charge on any atom is 0.325 e. The molecule has 0 unspecified atom stereocenters. The lowest BCUT2D eigenvalue weighted by molar-refractivity contribution is -0.141. The molecule has 0 spiro atoms. The number of esters is 1. The summed E-state index contributed by atoms with van der Waals surface area (Å²) in [6.45, 7) is 5.51. The number of hydrogen-bond acceptors (Lipinski definition) is 5. The van der Waals surface area contributed by atoms with Gasteiger partial charge in [0, 0.05) is 16.6 Å². The van der Waals surface area contributed by atoms with Crippen molar-refractivity contribution in [2.75, 3.05) is 19.4 Å². The van der Waals surface area contributed by atoms with E-state index >= 15 is 0 Å². The number of carbonyl (C=O) groups is 2. The molecule has 6 heteroatoms. The fourth-order valence-electron chi connectivity index (χ4n) is 1.44. The van der Waals surface area contributed by atoms with E-state index in [1.54, 1.807) is 6.07 Å². The third-order valence-corrected chi connectivity index (χ3v) is 3.63. The van der Waals surface area contributed by atoms with E-state index in [-0.39, 0.29) is 18.5 Å². The van der Waals surface area contributed by atoms with Crippen LogP contribution in [0.5, 0.6) is 0 Å². The second kappa shape index (κ2) is 5.86. The standard InChI is InChI=1S/C12H18N2O3S/c1-7(2)14(6-11(15)17-4)12(16)10-5-9(13)8(3)18-10/h5,7H,6,13H2,1-4H3. The molecule has 0 radical (unpaired) electrons. The van der Waals surface area contributed by atoms with Crippen molar-refractivity contribution in [1.29, 1.82) is 0 Å². The summed E-state index contributed by atoms with van der Waals surface area (Å²) < 4.78 is 4.59. The number of methoxy groups -OCH3 is 1. The van der Waals surface area contributed by atoms with Gasteiger partial charge in [0.25, 0.3) is 5.91 Å². The number of rotatable bonds is 4. The average molecular weight is 270 g/mol. The molecule has 0 saturated heterocycles. The van der Waals surface area contributed by atoms with Crippen molar-refractivity contribution >= 4 is 28.9 Å². The first kappa shape index (κ1) is 14.5. The number of thiophene rings is 1. The average Bonchev–Trinajstić information content (AvgIpc) is 2.65. The minimum atomic E-state index is -0.432. The molecule has 0 fully saturated rings. The van der Waals surface area contributed by atoms with E-state index in [1.165, 1.54) is 23.3 Å². The minimum absolute atomic E-state index is 0.0517. The molecular weight excluding hydrogens is 252 g/mol. The number of ether oxygens (including phenoxy) is 1. The topological polar surface area (TPSA) is 72.6 Å². The molecule has 100 valence electrons. The van der Waals surface area contributed by atoms with Crippen molar-refractivity contribution in [3.05, 3.63) is 15.8 Å². The van der Waals surface area contributed by atoms with Gasteiger partial charge < -0.3 is 15.4 Å². The Hall–Kier alpha value is -1.56. The van der Waals surface area contributed by atoms with Crippen molar-refractivity contribution < 1.29 is 14.3 Å². The van der Waals surface area contributed by atoms with Crippen LogP contribution in [0.4, 0.5) is 5.69 Å². The van der Waals surface area contributed by atoms with Gasteiger partial charge in [0.05, 0.1) is 12.0 Å². The van der Waals surface area contributed by atoms with Gasteiger partial charge in [-0.3, -0.25) is 9.59 Å². The number of aryl methyl sites for hydroxylation is 1. The third kappa shape index (κ3) is 3.22. The molecule has 0 aliphatic heterocycles. The van der Waals surface area contributed by atoms with Crippen molar-refractivity contribution in [2.24, 2.45) is 0 Å². The maximum absolute atomic E-state index is 12.3. The fourth-order valence-corrected chi connectivity index (χ4v) is 2.33. The molecule has 0 atom stereocenters. The van der Waals surface area contributed by atoms with Crippen molar-refractivity contribution in [1.82, 2.24) is 4.90 Å². The molecular formula is C12H18N2O3S. The van der Waals surface area contributed by atoms with Crippen molar-refractivity contribution in [3.63, 3.8) is 0 Å². The molecule has 0 aliphatic rings. The zero-order valence-corrected chi connectivity index (χ0v) is 11.8. The van der Waals surface area contributed by atoms with Gasteiger partial charge in [-0.05, 0) is 26.8 Å². The van der Waals surface area contributed by atoms with Crippen molar-refractivity contribution in [2.45, 2.75) is 26.8 Å². The molecule has 1 aromatic rings. The highest BCUT2D eigenvalue weighted by Gasteiger charge is 2.23. The minimum Gasteiger partial charge on any atom is -0.468 e. The highest BCUT2D eigenvalue weighted by molar-refractivity contribution is 7.14. The monoisotopic (exact) mass is 270 g/mol. The van der Waals surface area contributed by atoms with Gasteiger partial charge in [0.2, 0.25) is 0 Å². The lowest BCUT2D eigenvalue weighted by Crippen LogP contribution is -2.40. The summed E-state index contributed by atoms with van der Waals surface area (Å²) in [6, 6.07) is 1.56. The molecule has 0 aromatic carbocycles. The largest absolute Gasteiger partial charge is 0.468 e. The van der Waals surface area contributed by atoms with E-state index < -0.39 is 5.97 Å². The van der Waals surface area contributed by atoms with Crippen LogP contribution in [0.2, 0.25) is 0 Å². The molecule has 1 amide bonds. The van der Waals surface area contributed by atoms with Gasteiger partial charge in [-0.2, -0.15) is 0 Å². The van der Waals surface area contributed by atoms with Crippen molar-refractivity contribution in [3.8, 4) is 0 Å². The maximum atomic E-state index is 12.3. The molecule has 1 rings (SSSR count). The number of anilines is 1. The lowest BCUT2D eigenvalue weighted by Gasteiger charge is -2.24. The predicted molar refractivity (Wildman–Crippen MR) is 71.7 cm³/mol. The Labute approximate surface area is 111 Å². The van der Waals surface area contributed by atoms with Gasteiger partial charge in [0.15, 0.2) is 0 Å². The summed E-state index contributed by atoms with van der Waals surface area (Å²) in [5.41, 5.74) is 6.33. The van der Waals surface area contributed by atoms with Gasteiger partial charge in [-0.25, -0.2) is 0 Å². The Kier molecular flexibility index (Phi) is 4.72. The van der Waals surface area contributed by atoms with E-state index in [4.69, 9.17) is 5.73 Å². The lowest BCUT2D eigenvalue weighted by atomic mass is 10.2. The number of amides is 1. The van der Waals surface area contributed by atoms with Crippen LogP contribution in [0.25, 0.3) is 0 Å². The number of nitrogens with zero attached hydrogens (tertiary/aromatic N) is 1. The van der Waals surface area contributed by atoms with Crippen LogP contribution < -0.4 is 5.73 Å². The highest BCUT2D eigenvalue weighted by Crippen LogP contribution is 2.25. The van der Waals surface area contributed by atoms with E-state index in [0.29, 0.717) is 10.6 Å². The first-order chi connectivity index (χ1) is 8.36. The summed E-state index contributed by atoms with van der Waals surface area (Å²) in [5, 5.41) is 0. The molecule has 0 bridgehead atoms. The molecule has 1 heterocycles. The summed E-state index contributed by atoms with van der Waals surface area (Å²) in [5.74, 6) is -0.626. The molecule has 1 aromatic heterocycles. The molecule has 2 N–H and O–H groups in total. The van der Waals surface area contributed by atoms with Crippen LogP contribution in [0.15, 0.2) is 6.07 Å². The molecule has 5 nitrogen and oxygen atoms in total. The number of carbonyl (C=O) groups excluding carboxylic acids is 2. The summed E-state index contributed by atoms with van der Waals surface area (Å²) in [7, 11) is 1.30. The normalized spacial score (nSPS) is 10.5. The van der Waals surface area contributed by atoms with Crippen LogP contribution in [0, 0.1) is 6.92 Å². The van der Waals surface area contributed by atoms with E-state index in [0.717, 1.165) is 4.88 Å². The van der Waals surface area contributed by atoms with E-state index in [9.17, 15) is 9.59 Å². The van der Waals surface area contributed by atoms with Crippen LogP contribution in [-0.4, -0.2) is 36.5 Å². The quantitative estimate of drug-likeness (QED) is 0.845. The second-order valence-electron chi connectivity index (χ2n) is 4.23. The van der Waals surface area contributed by atoms with E-state index in [2.05, 4.69) is 4.74 Å². The SMILES string of the molecule is COC(=O)CN(C(=O)c1cc(N)c(C)s1)C(C)C. The van der Waals surface area contributed by atoms with Crippen LogP contribution in [0.1, 0.15) is 28.4 Å². The Morgan fingerprint density at radius 3 is 2.50 bits per heavy atom. The Morgan fingerprint density at radius 1 is 1.50 bits per heavy atom. The van der Waals surface area contributed by atoms with Crippen LogP contribution >= 0.6 is 11.3 Å². The second-order valence-corrected chi connectivity index (χ2v) is 5.48. The van der Waals surface area contributed by atoms with Crippen LogP contribution in [-0.2, 0) is 9.53 Å². The predicted octanol–water partition coefficient (Wildman–Crippen LogP) is 1.66. The summed E-state index contributed by atoms with van der Waals surface area (Å²) in [6.07, 6.45) is 0. The molecule has 18 heavy (non-hydrogen) atoms. The number of nitrogen functional groups attached to an aromatic ring is 1. The van der Waals surface area contributed by atoms with Crippen LogP contribution in [0.3, 0.4) is 0 Å². The zero-order chi connectivity index (χ0) is 13.9. The zero-order valence-electron chi connectivity index (χ0n) is 11.0. The molecule has 0 saturated carbocycles. The Bertz CT molecular complexity index is 435. The first-order valence-corrected chi connectivity index (χ1v) is 6.42. The van der Waals surface area contributed by atoms with Gasteiger partial charge in [-0.15, -0.1) is 11.3 Å². The Balaban J connectivity index is 2.92.